The minimum Gasteiger partial charge on any atom is -0.507 e. The topological polar surface area (TPSA) is 85.3 Å². The van der Waals surface area contributed by atoms with E-state index in [0.717, 1.165) is 12.8 Å². The maximum Gasteiger partial charge on any atom is 0.295 e. The highest BCUT2D eigenvalue weighted by Gasteiger charge is 2.48. The molecule has 2 aromatic carbocycles. The summed E-state index contributed by atoms with van der Waals surface area (Å²) < 4.78 is 29.9. The average molecular weight is 441 g/mol. The molecule has 2 aromatic rings. The van der Waals surface area contributed by atoms with Gasteiger partial charge in [0.1, 0.15) is 23.1 Å². The number of halogens is 1. The molecule has 2 aliphatic heterocycles. The van der Waals surface area contributed by atoms with Crippen LogP contribution in [0.4, 0.5) is 4.39 Å². The number of aliphatic hydroxyl groups excluding tert-OH is 1. The van der Waals surface area contributed by atoms with Crippen molar-refractivity contribution in [1.29, 1.82) is 0 Å². The van der Waals surface area contributed by atoms with Gasteiger partial charge in [-0.2, -0.15) is 0 Å². The summed E-state index contributed by atoms with van der Waals surface area (Å²) in [5.41, 5.74) is 0.677. The van der Waals surface area contributed by atoms with Crippen molar-refractivity contribution in [2.75, 3.05) is 27.4 Å². The molecule has 0 aromatic heterocycles. The van der Waals surface area contributed by atoms with Crippen LogP contribution in [0.25, 0.3) is 5.76 Å². The van der Waals surface area contributed by atoms with E-state index in [-0.39, 0.29) is 29.5 Å². The second-order valence-electron chi connectivity index (χ2n) is 7.70. The Morgan fingerprint density at radius 3 is 2.53 bits per heavy atom. The molecule has 0 radical (unpaired) electrons. The molecule has 0 bridgehead atoms. The number of ketones is 1. The molecule has 1 amide bonds. The lowest BCUT2D eigenvalue weighted by Gasteiger charge is -2.28. The van der Waals surface area contributed by atoms with Crippen LogP contribution in [0.3, 0.4) is 0 Å². The number of carbonyl (C=O) groups is 2. The van der Waals surface area contributed by atoms with Gasteiger partial charge in [-0.05, 0) is 49.2 Å². The minimum absolute atomic E-state index is 0.0805. The first-order valence-corrected chi connectivity index (χ1v) is 10.3. The zero-order valence-electron chi connectivity index (χ0n) is 17.8. The molecule has 1 N–H and O–H groups in total. The first-order valence-electron chi connectivity index (χ1n) is 10.3. The summed E-state index contributed by atoms with van der Waals surface area (Å²) >= 11 is 0. The molecule has 7 nitrogen and oxygen atoms in total. The van der Waals surface area contributed by atoms with E-state index in [0.29, 0.717) is 23.7 Å². The number of methoxy groups -OCH3 is 2. The molecule has 0 saturated carbocycles. The van der Waals surface area contributed by atoms with Gasteiger partial charge in [0.05, 0.1) is 31.9 Å². The van der Waals surface area contributed by atoms with Gasteiger partial charge >= 0.3 is 0 Å². The number of ether oxygens (including phenoxy) is 3. The molecule has 2 aliphatic rings. The summed E-state index contributed by atoms with van der Waals surface area (Å²) in [7, 11) is 3.00. The van der Waals surface area contributed by atoms with Crippen molar-refractivity contribution in [2.45, 2.75) is 25.0 Å². The molecule has 32 heavy (non-hydrogen) atoms. The maximum atomic E-state index is 13.4. The number of hydrogen-bond donors (Lipinski definition) is 1. The second kappa shape index (κ2) is 9.00. The van der Waals surface area contributed by atoms with Crippen molar-refractivity contribution in [3.05, 3.63) is 65.0 Å². The van der Waals surface area contributed by atoms with Crippen LogP contribution >= 0.6 is 0 Å². The fraction of sp³-hybridized carbons (Fsp3) is 0.333. The summed E-state index contributed by atoms with van der Waals surface area (Å²) in [6.45, 7) is 0.797. The number of aliphatic hydroxyl groups is 1. The standard InChI is InChI=1S/C24H24FNO6/c1-30-16-9-10-18(19(12-16)31-2)21-20(22(27)14-5-7-15(25)8-6-14)23(28)24(29)26(21)13-17-4-3-11-32-17/h5-10,12,17,21,27H,3-4,11,13H2,1-2H3/b22-20-. The van der Waals surface area contributed by atoms with Gasteiger partial charge < -0.3 is 24.2 Å². The zero-order chi connectivity index (χ0) is 22.8. The van der Waals surface area contributed by atoms with Crippen LogP contribution in [0.1, 0.15) is 30.0 Å². The highest BCUT2D eigenvalue weighted by atomic mass is 19.1. The molecule has 2 saturated heterocycles. The Bertz CT molecular complexity index is 1060. The van der Waals surface area contributed by atoms with Crippen LogP contribution in [0, 0.1) is 5.82 Å². The number of likely N-dealkylation sites (tertiary alicyclic amines) is 1. The molecule has 2 atom stereocenters. The smallest absolute Gasteiger partial charge is 0.295 e. The van der Waals surface area contributed by atoms with Gasteiger partial charge in [-0.15, -0.1) is 0 Å². The van der Waals surface area contributed by atoms with Crippen LogP contribution in [0.5, 0.6) is 11.5 Å². The van der Waals surface area contributed by atoms with Crippen LogP contribution in [0.2, 0.25) is 0 Å². The fourth-order valence-electron chi connectivity index (χ4n) is 4.21. The SMILES string of the molecule is COc1ccc(C2/C(=C(/O)c3ccc(F)cc3)C(=O)C(=O)N2CC2CCCO2)c(OC)c1. The Kier molecular flexibility index (Phi) is 6.14. The lowest BCUT2D eigenvalue weighted by atomic mass is 9.94. The van der Waals surface area contributed by atoms with Crippen molar-refractivity contribution < 1.29 is 33.3 Å². The number of hydrogen-bond acceptors (Lipinski definition) is 6. The highest BCUT2D eigenvalue weighted by molar-refractivity contribution is 6.46. The number of nitrogens with zero attached hydrogens (tertiary/aromatic N) is 1. The van der Waals surface area contributed by atoms with Crippen molar-refractivity contribution >= 4 is 17.4 Å². The third-order valence-electron chi connectivity index (χ3n) is 5.82. The molecule has 2 heterocycles. The molecule has 2 fully saturated rings. The van der Waals surface area contributed by atoms with E-state index in [1.54, 1.807) is 18.2 Å². The normalized spacial score (nSPS) is 22.4. The van der Waals surface area contributed by atoms with Crippen LogP contribution < -0.4 is 9.47 Å². The first kappa shape index (κ1) is 21.8. The summed E-state index contributed by atoms with van der Waals surface area (Å²) in [5, 5.41) is 11.0. The minimum atomic E-state index is -0.898. The molecular formula is C24H24FNO6. The van der Waals surface area contributed by atoms with Crippen molar-refractivity contribution in [2.24, 2.45) is 0 Å². The van der Waals surface area contributed by atoms with Crippen LogP contribution in [0.15, 0.2) is 48.0 Å². The summed E-state index contributed by atoms with van der Waals surface area (Å²) in [5.74, 6) is -1.45. The third kappa shape index (κ3) is 3.93. The van der Waals surface area contributed by atoms with Crippen molar-refractivity contribution in [3.63, 3.8) is 0 Å². The van der Waals surface area contributed by atoms with E-state index in [4.69, 9.17) is 14.2 Å². The van der Waals surface area contributed by atoms with Crippen LogP contribution in [-0.4, -0.2) is 55.2 Å². The first-order chi connectivity index (χ1) is 15.4. The number of carbonyl (C=O) groups excluding carboxylic acids is 2. The number of Topliss-reactive ketones (excluding diaryl/α,β-unsaturated/α-hetero) is 1. The quantitative estimate of drug-likeness (QED) is 0.420. The van der Waals surface area contributed by atoms with E-state index in [9.17, 15) is 19.1 Å². The van der Waals surface area contributed by atoms with Gasteiger partial charge in [-0.1, -0.05) is 0 Å². The van der Waals surface area contributed by atoms with E-state index in [1.807, 2.05) is 0 Å². The Labute approximate surface area is 185 Å². The predicted molar refractivity (Wildman–Crippen MR) is 114 cm³/mol. The predicted octanol–water partition coefficient (Wildman–Crippen LogP) is 3.44. The third-order valence-corrected chi connectivity index (χ3v) is 5.82. The lowest BCUT2D eigenvalue weighted by Crippen LogP contribution is -2.36. The number of amides is 1. The van der Waals surface area contributed by atoms with Gasteiger partial charge in [-0.25, -0.2) is 4.39 Å². The molecule has 0 aliphatic carbocycles. The van der Waals surface area contributed by atoms with Gasteiger partial charge in [0, 0.05) is 30.3 Å². The number of rotatable bonds is 6. The maximum absolute atomic E-state index is 13.4. The fourth-order valence-corrected chi connectivity index (χ4v) is 4.21. The Morgan fingerprint density at radius 2 is 1.91 bits per heavy atom. The van der Waals surface area contributed by atoms with E-state index in [1.165, 1.54) is 43.4 Å². The molecule has 8 heteroatoms. The van der Waals surface area contributed by atoms with Gasteiger partial charge in [0.25, 0.3) is 11.7 Å². The van der Waals surface area contributed by atoms with E-state index < -0.39 is 23.5 Å². The monoisotopic (exact) mass is 441 g/mol. The Hall–Kier alpha value is -3.39. The zero-order valence-corrected chi connectivity index (χ0v) is 17.8. The molecule has 168 valence electrons. The summed E-state index contributed by atoms with van der Waals surface area (Å²) in [4.78, 5) is 27.6. The van der Waals surface area contributed by atoms with Crippen LogP contribution in [-0.2, 0) is 14.3 Å². The Morgan fingerprint density at radius 1 is 1.16 bits per heavy atom. The molecular weight excluding hydrogens is 417 g/mol. The summed E-state index contributed by atoms with van der Waals surface area (Å²) in [6.07, 6.45) is 1.44. The molecule has 0 spiro atoms. The van der Waals surface area contributed by atoms with Gasteiger partial charge in [0.2, 0.25) is 0 Å². The van der Waals surface area contributed by atoms with Crippen molar-refractivity contribution in [3.8, 4) is 11.5 Å². The van der Waals surface area contributed by atoms with Gasteiger partial charge in [0.15, 0.2) is 0 Å². The van der Waals surface area contributed by atoms with E-state index in [2.05, 4.69) is 0 Å². The Balaban J connectivity index is 1.87. The van der Waals surface area contributed by atoms with Gasteiger partial charge in [-0.3, -0.25) is 9.59 Å². The largest absolute Gasteiger partial charge is 0.507 e. The average Bonchev–Trinajstić information content (AvgIpc) is 3.41. The molecule has 4 rings (SSSR count). The number of benzene rings is 2. The second-order valence-corrected chi connectivity index (χ2v) is 7.70. The van der Waals surface area contributed by atoms with Crippen molar-refractivity contribution in [1.82, 2.24) is 4.90 Å². The lowest BCUT2D eigenvalue weighted by molar-refractivity contribution is -0.140. The molecule has 2 unspecified atom stereocenters. The van der Waals surface area contributed by atoms with E-state index >= 15 is 0 Å². The highest BCUT2D eigenvalue weighted by Crippen LogP contribution is 2.44. The summed E-state index contributed by atoms with van der Waals surface area (Å²) in [6, 6.07) is 9.24.